The lowest BCUT2D eigenvalue weighted by Crippen LogP contribution is -2.44. The van der Waals surface area contributed by atoms with Gasteiger partial charge in [-0.15, -0.1) is 0 Å². The second-order valence-corrected chi connectivity index (χ2v) is 5.11. The second-order valence-electron chi connectivity index (χ2n) is 5.11. The molecule has 110 valence electrons. The van der Waals surface area contributed by atoms with Crippen molar-refractivity contribution in [3.63, 3.8) is 0 Å². The van der Waals surface area contributed by atoms with E-state index in [-0.39, 0.29) is 17.7 Å². The number of benzene rings is 1. The Hall–Kier alpha value is -1.40. The molecule has 1 aliphatic rings. The molecule has 0 N–H and O–H groups in total. The van der Waals surface area contributed by atoms with E-state index in [1.54, 1.807) is 0 Å². The summed E-state index contributed by atoms with van der Waals surface area (Å²) >= 11 is 0. The predicted molar refractivity (Wildman–Crippen MR) is 69.6 cm³/mol. The minimum absolute atomic E-state index is 0.0550. The normalized spacial score (nSPS) is 18.2. The van der Waals surface area contributed by atoms with Crippen LogP contribution in [0, 0.1) is 0 Å². The molecule has 0 aliphatic carbocycles. The van der Waals surface area contributed by atoms with Crippen molar-refractivity contribution in [2.24, 2.45) is 0 Å². The van der Waals surface area contributed by atoms with Crippen LogP contribution in [-0.2, 0) is 12.7 Å². The predicted octanol–water partition coefficient (Wildman–Crippen LogP) is 2.27. The molecule has 1 aromatic carbocycles. The standard InChI is InChI=1S/C14H17F3N2O/c1-18-4-6-19(7-5-18)9-12-3-2-11(10-20)8-13(12)14(15,16)17/h2-3,8,10H,4-7,9H2,1H3. The van der Waals surface area contributed by atoms with Crippen molar-refractivity contribution in [3.8, 4) is 0 Å². The molecule has 1 fully saturated rings. The molecule has 0 amide bonds. The third-order valence-electron chi connectivity index (χ3n) is 3.57. The quantitative estimate of drug-likeness (QED) is 0.796. The number of hydrogen-bond acceptors (Lipinski definition) is 3. The number of alkyl halides is 3. The van der Waals surface area contributed by atoms with Crippen LogP contribution >= 0.6 is 0 Å². The van der Waals surface area contributed by atoms with Gasteiger partial charge in [0.15, 0.2) is 0 Å². The first-order chi connectivity index (χ1) is 9.40. The topological polar surface area (TPSA) is 23.6 Å². The van der Waals surface area contributed by atoms with Crippen molar-refractivity contribution < 1.29 is 18.0 Å². The first kappa shape index (κ1) is 15.0. The van der Waals surface area contributed by atoms with Gasteiger partial charge in [-0.3, -0.25) is 9.69 Å². The minimum atomic E-state index is -4.43. The number of piperazine rings is 1. The lowest BCUT2D eigenvalue weighted by atomic mass is 10.0. The molecule has 0 aromatic heterocycles. The number of hydrogen-bond donors (Lipinski definition) is 0. The van der Waals surface area contributed by atoms with Crippen molar-refractivity contribution in [3.05, 3.63) is 34.9 Å². The molecule has 0 bridgehead atoms. The maximum absolute atomic E-state index is 13.0. The van der Waals surface area contributed by atoms with Crippen LogP contribution in [0.15, 0.2) is 18.2 Å². The molecule has 1 saturated heterocycles. The van der Waals surface area contributed by atoms with Gasteiger partial charge in [0.25, 0.3) is 0 Å². The second kappa shape index (κ2) is 5.93. The Labute approximate surface area is 116 Å². The van der Waals surface area contributed by atoms with E-state index in [9.17, 15) is 18.0 Å². The molecule has 0 spiro atoms. The average Bonchev–Trinajstić information content (AvgIpc) is 2.40. The van der Waals surface area contributed by atoms with E-state index in [2.05, 4.69) is 4.90 Å². The zero-order valence-electron chi connectivity index (χ0n) is 11.3. The Morgan fingerprint density at radius 2 is 1.85 bits per heavy atom. The lowest BCUT2D eigenvalue weighted by Gasteiger charge is -2.32. The Morgan fingerprint density at radius 1 is 1.20 bits per heavy atom. The highest BCUT2D eigenvalue weighted by atomic mass is 19.4. The highest BCUT2D eigenvalue weighted by Gasteiger charge is 2.34. The van der Waals surface area contributed by atoms with E-state index in [1.165, 1.54) is 12.1 Å². The van der Waals surface area contributed by atoms with Crippen LogP contribution in [-0.4, -0.2) is 49.3 Å². The molecule has 2 rings (SSSR count). The van der Waals surface area contributed by atoms with Crippen molar-refractivity contribution in [2.75, 3.05) is 33.2 Å². The summed E-state index contributed by atoms with van der Waals surface area (Å²) in [6, 6.07) is 3.77. The number of carbonyl (C=O) groups is 1. The Morgan fingerprint density at radius 3 is 2.40 bits per heavy atom. The van der Waals surface area contributed by atoms with E-state index in [4.69, 9.17) is 0 Å². The smallest absolute Gasteiger partial charge is 0.304 e. The third kappa shape index (κ3) is 3.58. The molecule has 0 radical (unpaired) electrons. The van der Waals surface area contributed by atoms with Crippen molar-refractivity contribution in [2.45, 2.75) is 12.7 Å². The first-order valence-electron chi connectivity index (χ1n) is 6.46. The zero-order valence-corrected chi connectivity index (χ0v) is 11.3. The number of halogens is 3. The van der Waals surface area contributed by atoms with Crippen LogP contribution in [0.5, 0.6) is 0 Å². The van der Waals surface area contributed by atoms with Gasteiger partial charge in [0.2, 0.25) is 0 Å². The van der Waals surface area contributed by atoms with Crippen molar-refractivity contribution in [1.82, 2.24) is 9.80 Å². The molecule has 1 aliphatic heterocycles. The number of nitrogens with zero attached hydrogens (tertiary/aromatic N) is 2. The monoisotopic (exact) mass is 286 g/mol. The maximum Gasteiger partial charge on any atom is 0.416 e. The maximum atomic E-state index is 13.0. The molecule has 0 unspecified atom stereocenters. The molecular formula is C14H17F3N2O. The van der Waals surface area contributed by atoms with E-state index in [0.29, 0.717) is 6.29 Å². The molecular weight excluding hydrogens is 269 g/mol. The Kier molecular flexibility index (Phi) is 4.45. The third-order valence-corrected chi connectivity index (χ3v) is 3.57. The van der Waals surface area contributed by atoms with Crippen molar-refractivity contribution in [1.29, 1.82) is 0 Å². The molecule has 1 heterocycles. The van der Waals surface area contributed by atoms with Gasteiger partial charge in [0.1, 0.15) is 6.29 Å². The number of likely N-dealkylation sites (N-methyl/N-ethyl adjacent to an activating group) is 1. The number of carbonyl (C=O) groups excluding carboxylic acids is 1. The molecule has 6 heteroatoms. The van der Waals surface area contributed by atoms with E-state index < -0.39 is 11.7 Å². The molecule has 1 aromatic rings. The largest absolute Gasteiger partial charge is 0.416 e. The van der Waals surface area contributed by atoms with Gasteiger partial charge < -0.3 is 4.90 Å². The van der Waals surface area contributed by atoms with Gasteiger partial charge in [-0.1, -0.05) is 12.1 Å². The van der Waals surface area contributed by atoms with Crippen LogP contribution in [0.3, 0.4) is 0 Å². The Bertz CT molecular complexity index is 480. The van der Waals surface area contributed by atoms with Gasteiger partial charge in [0.05, 0.1) is 5.56 Å². The van der Waals surface area contributed by atoms with Crippen LogP contribution in [0.25, 0.3) is 0 Å². The fraction of sp³-hybridized carbons (Fsp3) is 0.500. The Balaban J connectivity index is 2.20. The summed E-state index contributed by atoms with van der Waals surface area (Å²) in [7, 11) is 2.00. The summed E-state index contributed by atoms with van der Waals surface area (Å²) in [5.74, 6) is 0. The minimum Gasteiger partial charge on any atom is -0.304 e. The molecule has 0 atom stereocenters. The van der Waals surface area contributed by atoms with E-state index >= 15 is 0 Å². The van der Waals surface area contributed by atoms with Gasteiger partial charge in [-0.05, 0) is 18.7 Å². The summed E-state index contributed by atoms with van der Waals surface area (Å²) in [4.78, 5) is 14.8. The molecule has 0 saturated carbocycles. The van der Waals surface area contributed by atoms with Gasteiger partial charge in [0, 0.05) is 38.3 Å². The molecule has 20 heavy (non-hydrogen) atoms. The summed E-state index contributed by atoms with van der Waals surface area (Å²) in [5, 5.41) is 0. The highest BCUT2D eigenvalue weighted by molar-refractivity contribution is 5.75. The van der Waals surface area contributed by atoms with Crippen LogP contribution in [0.1, 0.15) is 21.5 Å². The fourth-order valence-corrected chi connectivity index (χ4v) is 2.32. The summed E-state index contributed by atoms with van der Waals surface area (Å²) in [6.45, 7) is 3.48. The zero-order chi connectivity index (χ0) is 14.8. The highest BCUT2D eigenvalue weighted by Crippen LogP contribution is 2.33. The lowest BCUT2D eigenvalue weighted by molar-refractivity contribution is -0.138. The average molecular weight is 286 g/mol. The SMILES string of the molecule is CN1CCN(Cc2ccc(C=O)cc2C(F)(F)F)CC1. The summed E-state index contributed by atoms with van der Waals surface area (Å²) < 4.78 is 39.1. The fourth-order valence-electron chi connectivity index (χ4n) is 2.32. The van der Waals surface area contributed by atoms with Gasteiger partial charge in [-0.2, -0.15) is 13.2 Å². The van der Waals surface area contributed by atoms with Crippen LogP contribution in [0.4, 0.5) is 13.2 Å². The van der Waals surface area contributed by atoms with E-state index in [0.717, 1.165) is 32.2 Å². The van der Waals surface area contributed by atoms with Crippen LogP contribution < -0.4 is 0 Å². The van der Waals surface area contributed by atoms with E-state index in [1.807, 2.05) is 11.9 Å². The first-order valence-corrected chi connectivity index (χ1v) is 6.46. The van der Waals surface area contributed by atoms with Crippen LogP contribution in [0.2, 0.25) is 0 Å². The summed E-state index contributed by atoms with van der Waals surface area (Å²) in [5.41, 5.74) is -0.423. The number of rotatable bonds is 3. The van der Waals surface area contributed by atoms with Gasteiger partial charge >= 0.3 is 6.18 Å². The van der Waals surface area contributed by atoms with Gasteiger partial charge in [-0.25, -0.2) is 0 Å². The summed E-state index contributed by atoms with van der Waals surface area (Å²) in [6.07, 6.45) is -3.99. The number of aldehydes is 1. The molecule has 3 nitrogen and oxygen atoms in total. The van der Waals surface area contributed by atoms with Crippen molar-refractivity contribution >= 4 is 6.29 Å².